The SMILES string of the molecule is CC(C)c1nnc(NC(=O)c2ccsc2)s1. The smallest absolute Gasteiger partial charge is 0.258 e. The summed E-state index contributed by atoms with van der Waals surface area (Å²) in [7, 11) is 0. The van der Waals surface area contributed by atoms with Crippen LogP contribution in [0.1, 0.15) is 35.1 Å². The molecule has 0 fully saturated rings. The van der Waals surface area contributed by atoms with Crippen molar-refractivity contribution in [3.8, 4) is 0 Å². The summed E-state index contributed by atoms with van der Waals surface area (Å²) in [6.45, 7) is 4.09. The molecule has 0 saturated carbocycles. The van der Waals surface area contributed by atoms with Gasteiger partial charge in [0.1, 0.15) is 5.01 Å². The van der Waals surface area contributed by atoms with E-state index in [2.05, 4.69) is 15.5 Å². The third kappa shape index (κ3) is 2.45. The normalized spacial score (nSPS) is 10.7. The lowest BCUT2D eigenvalue weighted by Crippen LogP contribution is -2.10. The Morgan fingerprint density at radius 1 is 1.44 bits per heavy atom. The first-order chi connectivity index (χ1) is 7.66. The van der Waals surface area contributed by atoms with Gasteiger partial charge in [-0.1, -0.05) is 25.2 Å². The highest BCUT2D eigenvalue weighted by Crippen LogP contribution is 2.22. The summed E-state index contributed by atoms with van der Waals surface area (Å²) in [5, 5.41) is 15.8. The molecule has 0 aromatic carbocycles. The molecule has 1 amide bonds. The first-order valence-corrected chi connectivity index (χ1v) is 6.59. The van der Waals surface area contributed by atoms with Gasteiger partial charge in [0, 0.05) is 11.3 Å². The summed E-state index contributed by atoms with van der Waals surface area (Å²) in [5.74, 6) is 0.206. The quantitative estimate of drug-likeness (QED) is 0.915. The fourth-order valence-corrected chi connectivity index (χ4v) is 2.46. The fourth-order valence-electron chi connectivity index (χ4n) is 1.08. The van der Waals surface area contributed by atoms with E-state index in [0.29, 0.717) is 16.6 Å². The fraction of sp³-hybridized carbons (Fsp3) is 0.300. The molecule has 1 N–H and O–H groups in total. The van der Waals surface area contributed by atoms with Crippen LogP contribution in [0.2, 0.25) is 0 Å². The lowest BCUT2D eigenvalue weighted by atomic mass is 10.2. The molecule has 6 heteroatoms. The van der Waals surface area contributed by atoms with Crippen molar-refractivity contribution in [3.63, 3.8) is 0 Å². The Labute approximate surface area is 101 Å². The predicted octanol–water partition coefficient (Wildman–Crippen LogP) is 2.98. The topological polar surface area (TPSA) is 54.9 Å². The number of hydrogen-bond acceptors (Lipinski definition) is 5. The van der Waals surface area contributed by atoms with Crippen LogP contribution < -0.4 is 5.32 Å². The number of hydrogen-bond donors (Lipinski definition) is 1. The van der Waals surface area contributed by atoms with Crippen LogP contribution in [0.3, 0.4) is 0 Å². The number of aromatic nitrogens is 2. The van der Waals surface area contributed by atoms with Crippen LogP contribution in [0.5, 0.6) is 0 Å². The van der Waals surface area contributed by atoms with E-state index in [1.807, 2.05) is 19.2 Å². The van der Waals surface area contributed by atoms with E-state index >= 15 is 0 Å². The Morgan fingerprint density at radius 2 is 2.25 bits per heavy atom. The summed E-state index contributed by atoms with van der Waals surface area (Å²) in [4.78, 5) is 11.7. The molecule has 2 heterocycles. The van der Waals surface area contributed by atoms with Gasteiger partial charge < -0.3 is 0 Å². The number of rotatable bonds is 3. The molecule has 84 valence electrons. The lowest BCUT2D eigenvalue weighted by Gasteiger charge is -1.97. The van der Waals surface area contributed by atoms with Crippen LogP contribution in [0.15, 0.2) is 16.8 Å². The molecule has 2 aromatic heterocycles. The highest BCUT2D eigenvalue weighted by Gasteiger charge is 2.11. The minimum atomic E-state index is -0.132. The van der Waals surface area contributed by atoms with Gasteiger partial charge in [0.15, 0.2) is 0 Å². The Bertz CT molecular complexity index is 476. The van der Waals surface area contributed by atoms with Gasteiger partial charge in [-0.05, 0) is 11.4 Å². The Kier molecular flexibility index (Phi) is 3.31. The molecular formula is C10H11N3OS2. The lowest BCUT2D eigenvalue weighted by molar-refractivity contribution is 0.102. The number of nitrogens with zero attached hydrogens (tertiary/aromatic N) is 2. The molecule has 0 unspecified atom stereocenters. The predicted molar refractivity (Wildman–Crippen MR) is 66.3 cm³/mol. The summed E-state index contributed by atoms with van der Waals surface area (Å²) in [5.41, 5.74) is 0.659. The summed E-state index contributed by atoms with van der Waals surface area (Å²) in [6.07, 6.45) is 0. The van der Waals surface area contributed by atoms with Gasteiger partial charge in [0.05, 0.1) is 5.56 Å². The number of anilines is 1. The first-order valence-electron chi connectivity index (χ1n) is 4.84. The average Bonchev–Trinajstić information content (AvgIpc) is 2.87. The zero-order chi connectivity index (χ0) is 11.5. The Morgan fingerprint density at radius 3 is 2.81 bits per heavy atom. The van der Waals surface area contributed by atoms with Gasteiger partial charge in [-0.25, -0.2) is 0 Å². The zero-order valence-electron chi connectivity index (χ0n) is 8.93. The largest absolute Gasteiger partial charge is 0.296 e. The molecule has 0 aliphatic rings. The van der Waals surface area contributed by atoms with E-state index in [0.717, 1.165) is 5.01 Å². The van der Waals surface area contributed by atoms with Gasteiger partial charge in [-0.15, -0.1) is 10.2 Å². The average molecular weight is 253 g/mol. The minimum Gasteiger partial charge on any atom is -0.296 e. The number of carbonyl (C=O) groups is 1. The molecule has 2 aromatic rings. The molecule has 0 bridgehead atoms. The summed E-state index contributed by atoms with van der Waals surface area (Å²) >= 11 is 2.91. The van der Waals surface area contributed by atoms with Gasteiger partial charge >= 0.3 is 0 Å². The third-order valence-electron chi connectivity index (χ3n) is 1.94. The summed E-state index contributed by atoms with van der Waals surface area (Å²) < 4.78 is 0. The van der Waals surface area contributed by atoms with Crippen LogP contribution in [0, 0.1) is 0 Å². The maximum absolute atomic E-state index is 11.7. The second kappa shape index (κ2) is 4.71. The number of thiophene rings is 1. The number of carbonyl (C=O) groups excluding carboxylic acids is 1. The maximum Gasteiger partial charge on any atom is 0.258 e. The zero-order valence-corrected chi connectivity index (χ0v) is 10.6. The van der Waals surface area contributed by atoms with Crippen molar-refractivity contribution < 1.29 is 4.79 Å². The Hall–Kier alpha value is -1.27. The maximum atomic E-state index is 11.7. The highest BCUT2D eigenvalue weighted by molar-refractivity contribution is 7.15. The van der Waals surface area contributed by atoms with Crippen LogP contribution >= 0.6 is 22.7 Å². The number of nitrogens with one attached hydrogen (secondary N) is 1. The van der Waals surface area contributed by atoms with Crippen LogP contribution in [-0.4, -0.2) is 16.1 Å². The van der Waals surface area contributed by atoms with Crippen molar-refractivity contribution in [2.24, 2.45) is 0 Å². The molecule has 0 radical (unpaired) electrons. The third-order valence-corrected chi connectivity index (χ3v) is 3.76. The Balaban J connectivity index is 2.07. The van der Waals surface area contributed by atoms with Crippen LogP contribution in [0.25, 0.3) is 0 Å². The molecule has 0 spiro atoms. The van der Waals surface area contributed by atoms with E-state index in [9.17, 15) is 4.79 Å². The highest BCUT2D eigenvalue weighted by atomic mass is 32.1. The second-order valence-corrected chi connectivity index (χ2v) is 5.36. The van der Waals surface area contributed by atoms with Crippen molar-refractivity contribution in [2.45, 2.75) is 19.8 Å². The number of amides is 1. The van der Waals surface area contributed by atoms with Gasteiger partial charge in [0.2, 0.25) is 5.13 Å². The monoisotopic (exact) mass is 253 g/mol. The molecule has 16 heavy (non-hydrogen) atoms. The van der Waals surface area contributed by atoms with Crippen LogP contribution in [0.4, 0.5) is 5.13 Å². The van der Waals surface area contributed by atoms with Gasteiger partial charge in [-0.2, -0.15) is 11.3 Å². The van der Waals surface area contributed by atoms with Gasteiger partial charge in [0.25, 0.3) is 5.91 Å². The van der Waals surface area contributed by atoms with E-state index in [-0.39, 0.29) is 5.91 Å². The van der Waals surface area contributed by atoms with E-state index in [1.54, 1.807) is 11.4 Å². The van der Waals surface area contributed by atoms with Crippen molar-refractivity contribution in [3.05, 3.63) is 27.4 Å². The van der Waals surface area contributed by atoms with Crippen molar-refractivity contribution in [2.75, 3.05) is 5.32 Å². The minimum absolute atomic E-state index is 0.132. The van der Waals surface area contributed by atoms with Gasteiger partial charge in [-0.3, -0.25) is 10.1 Å². The standard InChI is InChI=1S/C10H11N3OS2/c1-6(2)9-12-13-10(16-9)11-8(14)7-3-4-15-5-7/h3-6H,1-2H3,(H,11,13,14). The van der Waals surface area contributed by atoms with Crippen molar-refractivity contribution >= 4 is 33.7 Å². The molecule has 0 saturated heterocycles. The summed E-state index contributed by atoms with van der Waals surface area (Å²) in [6, 6.07) is 1.78. The second-order valence-electron chi connectivity index (χ2n) is 3.57. The van der Waals surface area contributed by atoms with E-state index in [4.69, 9.17) is 0 Å². The molecular weight excluding hydrogens is 242 g/mol. The van der Waals surface area contributed by atoms with Crippen LogP contribution in [-0.2, 0) is 0 Å². The van der Waals surface area contributed by atoms with E-state index in [1.165, 1.54) is 22.7 Å². The first kappa shape index (κ1) is 11.2. The van der Waals surface area contributed by atoms with E-state index < -0.39 is 0 Å². The molecule has 4 nitrogen and oxygen atoms in total. The molecule has 0 aliphatic carbocycles. The van der Waals surface area contributed by atoms with Crippen molar-refractivity contribution in [1.29, 1.82) is 0 Å². The molecule has 2 rings (SSSR count). The van der Waals surface area contributed by atoms with Crippen molar-refractivity contribution in [1.82, 2.24) is 10.2 Å². The molecule has 0 aliphatic heterocycles. The molecule has 0 atom stereocenters.